The summed E-state index contributed by atoms with van der Waals surface area (Å²) >= 11 is 0. The molecule has 6 heteroatoms. The van der Waals surface area contributed by atoms with Crippen molar-refractivity contribution in [1.29, 1.82) is 0 Å². The Hall–Kier alpha value is -2.37. The van der Waals surface area contributed by atoms with E-state index in [1.54, 1.807) is 4.90 Å². The molecular formula is C17H20N4O2. The molecule has 1 aromatic carbocycles. The Morgan fingerprint density at radius 3 is 2.70 bits per heavy atom. The number of hydrogen-bond acceptors (Lipinski definition) is 4. The van der Waals surface area contributed by atoms with E-state index < -0.39 is 0 Å². The Morgan fingerprint density at radius 2 is 2.00 bits per heavy atom. The fraction of sp³-hybridized carbons (Fsp3) is 0.471. The molecule has 0 unspecified atom stereocenters. The lowest BCUT2D eigenvalue weighted by molar-refractivity contribution is -0.139. The van der Waals surface area contributed by atoms with E-state index in [1.807, 2.05) is 42.1 Å². The molecule has 2 heterocycles. The van der Waals surface area contributed by atoms with Gasteiger partial charge in [0.1, 0.15) is 5.75 Å². The third kappa shape index (κ3) is 3.06. The van der Waals surface area contributed by atoms with Crippen molar-refractivity contribution in [3.05, 3.63) is 41.7 Å². The Kier molecular flexibility index (Phi) is 3.52. The van der Waals surface area contributed by atoms with Crippen molar-refractivity contribution in [3.8, 4) is 5.75 Å². The molecule has 0 atom stereocenters. The summed E-state index contributed by atoms with van der Waals surface area (Å²) in [5, 5.41) is 8.41. The summed E-state index contributed by atoms with van der Waals surface area (Å²) in [4.78, 5) is 13.9. The van der Waals surface area contributed by atoms with Crippen LogP contribution in [0.4, 0.5) is 0 Å². The number of rotatable bonds is 5. The van der Waals surface area contributed by atoms with Crippen molar-refractivity contribution in [2.75, 3.05) is 19.7 Å². The van der Waals surface area contributed by atoms with Crippen LogP contribution in [0.25, 0.3) is 0 Å². The summed E-state index contributed by atoms with van der Waals surface area (Å²) in [7, 11) is 0. The first-order valence-corrected chi connectivity index (χ1v) is 8.08. The van der Waals surface area contributed by atoms with Crippen LogP contribution in [0.3, 0.4) is 0 Å². The number of hydrogen-bond donors (Lipinski definition) is 0. The van der Waals surface area contributed by atoms with Gasteiger partial charge in [0, 0.05) is 25.2 Å². The standard InChI is InChI=1S/C17H20N4O2/c1-12-2-6-15(7-3-12)23-11-17(22)20-8-14(9-20)21-10-16(18-19-21)13-4-5-13/h2-3,6-7,10,13-14H,4-5,8-9,11H2,1H3. The molecule has 1 aliphatic carbocycles. The van der Waals surface area contributed by atoms with Gasteiger partial charge in [-0.1, -0.05) is 22.9 Å². The van der Waals surface area contributed by atoms with Gasteiger partial charge in [-0.15, -0.1) is 5.10 Å². The van der Waals surface area contributed by atoms with E-state index in [-0.39, 0.29) is 18.6 Å². The van der Waals surface area contributed by atoms with Gasteiger partial charge in [-0.2, -0.15) is 0 Å². The van der Waals surface area contributed by atoms with E-state index in [9.17, 15) is 4.79 Å². The van der Waals surface area contributed by atoms with Crippen molar-refractivity contribution in [1.82, 2.24) is 19.9 Å². The van der Waals surface area contributed by atoms with Crippen molar-refractivity contribution in [2.45, 2.75) is 31.7 Å². The minimum Gasteiger partial charge on any atom is -0.484 e. The third-order valence-corrected chi connectivity index (χ3v) is 4.50. The number of benzene rings is 1. The second kappa shape index (κ2) is 5.68. The fourth-order valence-electron chi connectivity index (χ4n) is 2.73. The summed E-state index contributed by atoms with van der Waals surface area (Å²) in [6.45, 7) is 3.47. The lowest BCUT2D eigenvalue weighted by Crippen LogP contribution is -2.52. The quantitative estimate of drug-likeness (QED) is 0.846. The average molecular weight is 312 g/mol. The topological polar surface area (TPSA) is 60.2 Å². The maximum Gasteiger partial charge on any atom is 0.260 e. The number of aryl methyl sites for hydroxylation is 1. The lowest BCUT2D eigenvalue weighted by Gasteiger charge is -2.38. The van der Waals surface area contributed by atoms with E-state index in [2.05, 4.69) is 10.3 Å². The smallest absolute Gasteiger partial charge is 0.260 e. The maximum atomic E-state index is 12.1. The minimum atomic E-state index is 0.0179. The number of carbonyl (C=O) groups excluding carboxylic acids is 1. The molecule has 2 aliphatic rings. The van der Waals surface area contributed by atoms with Crippen molar-refractivity contribution in [3.63, 3.8) is 0 Å². The monoisotopic (exact) mass is 312 g/mol. The van der Waals surface area contributed by atoms with E-state index >= 15 is 0 Å². The van der Waals surface area contributed by atoms with E-state index in [1.165, 1.54) is 18.4 Å². The largest absolute Gasteiger partial charge is 0.484 e. The van der Waals surface area contributed by atoms with Gasteiger partial charge in [-0.3, -0.25) is 4.79 Å². The molecule has 0 spiro atoms. The van der Waals surface area contributed by atoms with Gasteiger partial charge in [-0.05, 0) is 31.9 Å². The van der Waals surface area contributed by atoms with Gasteiger partial charge < -0.3 is 9.64 Å². The molecule has 6 nitrogen and oxygen atoms in total. The second-order valence-corrected chi connectivity index (χ2v) is 6.45. The Bertz CT molecular complexity index is 700. The highest BCUT2D eigenvalue weighted by Gasteiger charge is 2.34. The molecule has 0 N–H and O–H groups in total. The Morgan fingerprint density at radius 1 is 1.26 bits per heavy atom. The fourth-order valence-corrected chi connectivity index (χ4v) is 2.73. The zero-order valence-electron chi connectivity index (χ0n) is 13.2. The van der Waals surface area contributed by atoms with Gasteiger partial charge in [0.05, 0.1) is 11.7 Å². The van der Waals surface area contributed by atoms with Crippen LogP contribution in [0, 0.1) is 6.92 Å². The molecule has 0 radical (unpaired) electrons. The minimum absolute atomic E-state index is 0.0179. The zero-order chi connectivity index (χ0) is 15.8. The maximum absolute atomic E-state index is 12.1. The number of likely N-dealkylation sites (tertiary alicyclic amines) is 1. The molecule has 1 saturated heterocycles. The summed E-state index contributed by atoms with van der Waals surface area (Å²) in [6.07, 6.45) is 4.49. The number of carbonyl (C=O) groups is 1. The molecule has 120 valence electrons. The zero-order valence-corrected chi connectivity index (χ0v) is 13.2. The Labute approximate surface area is 135 Å². The molecule has 1 aromatic heterocycles. The van der Waals surface area contributed by atoms with Crippen LogP contribution < -0.4 is 4.74 Å². The van der Waals surface area contributed by atoms with Gasteiger partial charge in [0.2, 0.25) is 0 Å². The number of amides is 1. The van der Waals surface area contributed by atoms with Gasteiger partial charge in [-0.25, -0.2) is 4.68 Å². The van der Waals surface area contributed by atoms with Crippen molar-refractivity contribution >= 4 is 5.91 Å². The normalized spacial score (nSPS) is 17.9. The molecule has 1 amide bonds. The highest BCUT2D eigenvalue weighted by Crippen LogP contribution is 2.39. The van der Waals surface area contributed by atoms with E-state index in [0.29, 0.717) is 19.0 Å². The van der Waals surface area contributed by atoms with Crippen LogP contribution >= 0.6 is 0 Å². The van der Waals surface area contributed by atoms with Crippen molar-refractivity contribution in [2.24, 2.45) is 0 Å². The number of ether oxygens (including phenoxy) is 1. The SMILES string of the molecule is Cc1ccc(OCC(=O)N2CC(n3cc(C4CC4)nn3)C2)cc1. The molecule has 1 saturated carbocycles. The van der Waals surface area contributed by atoms with Crippen LogP contribution in [-0.4, -0.2) is 45.5 Å². The molecule has 23 heavy (non-hydrogen) atoms. The van der Waals surface area contributed by atoms with Gasteiger partial charge in [0.15, 0.2) is 6.61 Å². The summed E-state index contributed by atoms with van der Waals surface area (Å²) in [5.41, 5.74) is 2.27. The predicted molar refractivity (Wildman–Crippen MR) is 84.3 cm³/mol. The highest BCUT2D eigenvalue weighted by atomic mass is 16.5. The van der Waals surface area contributed by atoms with Gasteiger partial charge >= 0.3 is 0 Å². The molecule has 2 aromatic rings. The lowest BCUT2D eigenvalue weighted by atomic mass is 10.1. The first-order chi connectivity index (χ1) is 11.2. The molecule has 1 aliphatic heterocycles. The van der Waals surface area contributed by atoms with Crippen LogP contribution in [0.2, 0.25) is 0 Å². The first-order valence-electron chi connectivity index (χ1n) is 8.08. The van der Waals surface area contributed by atoms with Crippen molar-refractivity contribution < 1.29 is 9.53 Å². The van der Waals surface area contributed by atoms with Crippen LogP contribution in [0.5, 0.6) is 5.75 Å². The third-order valence-electron chi connectivity index (χ3n) is 4.50. The van der Waals surface area contributed by atoms with Crippen LogP contribution in [-0.2, 0) is 4.79 Å². The molecular weight excluding hydrogens is 292 g/mol. The number of nitrogens with zero attached hydrogens (tertiary/aromatic N) is 4. The van der Waals surface area contributed by atoms with E-state index in [4.69, 9.17) is 4.74 Å². The van der Waals surface area contributed by atoms with E-state index in [0.717, 1.165) is 11.4 Å². The summed E-state index contributed by atoms with van der Waals surface area (Å²) < 4.78 is 7.44. The predicted octanol–water partition coefficient (Wildman–Crippen LogP) is 1.93. The second-order valence-electron chi connectivity index (χ2n) is 6.45. The number of aromatic nitrogens is 3. The van der Waals surface area contributed by atoms with Crippen LogP contribution in [0.15, 0.2) is 30.5 Å². The van der Waals surface area contributed by atoms with Crippen LogP contribution in [0.1, 0.15) is 36.1 Å². The highest BCUT2D eigenvalue weighted by molar-refractivity contribution is 5.78. The van der Waals surface area contributed by atoms with Gasteiger partial charge in [0.25, 0.3) is 5.91 Å². The Balaban J connectivity index is 1.25. The molecule has 2 fully saturated rings. The summed E-state index contributed by atoms with van der Waals surface area (Å²) in [5.74, 6) is 1.36. The molecule has 4 rings (SSSR count). The average Bonchev–Trinajstić information content (AvgIpc) is 3.25. The first kappa shape index (κ1) is 14.2. The molecule has 0 bridgehead atoms. The summed E-state index contributed by atoms with van der Waals surface area (Å²) in [6, 6.07) is 7.97.